The molecule has 0 radical (unpaired) electrons. The molecule has 0 fully saturated rings. The molecule has 19 heavy (non-hydrogen) atoms. The predicted octanol–water partition coefficient (Wildman–Crippen LogP) is 1.22. The lowest BCUT2D eigenvalue weighted by atomic mass is 10.0. The largest absolute Gasteiger partial charge is 0.444 e. The van der Waals surface area contributed by atoms with E-state index in [-0.39, 0.29) is 13.0 Å². The Morgan fingerprint density at radius 2 is 1.63 bits per heavy atom. The Hall–Kier alpha value is -1.30. The molecule has 0 aliphatic carbocycles. The summed E-state index contributed by atoms with van der Waals surface area (Å²) in [5, 5.41) is 0. The maximum Gasteiger partial charge on any atom is 0.410 e. The van der Waals surface area contributed by atoms with Crippen LogP contribution < -0.4 is 11.5 Å². The average Bonchev–Trinajstić information content (AvgIpc) is 2.07. The van der Waals surface area contributed by atoms with Gasteiger partial charge in [-0.2, -0.15) is 0 Å². The van der Waals surface area contributed by atoms with Crippen LogP contribution in [0.2, 0.25) is 0 Å². The molecule has 0 saturated carbocycles. The Morgan fingerprint density at radius 1 is 1.16 bits per heavy atom. The van der Waals surface area contributed by atoms with Crippen LogP contribution in [0.3, 0.4) is 0 Å². The van der Waals surface area contributed by atoms with E-state index in [0.29, 0.717) is 0 Å². The number of carbonyl (C=O) groups is 2. The van der Waals surface area contributed by atoms with Gasteiger partial charge in [0, 0.05) is 24.5 Å². The predicted molar refractivity (Wildman–Crippen MR) is 74.5 cm³/mol. The minimum Gasteiger partial charge on any atom is -0.444 e. The lowest BCUT2D eigenvalue weighted by molar-refractivity contribution is -0.118. The van der Waals surface area contributed by atoms with Crippen molar-refractivity contribution in [2.45, 2.75) is 65.1 Å². The number of rotatable bonds is 4. The lowest BCUT2D eigenvalue weighted by Crippen LogP contribution is -2.53. The topological polar surface area (TPSA) is 98.7 Å². The molecule has 6 nitrogen and oxygen atoms in total. The van der Waals surface area contributed by atoms with Crippen LogP contribution in [0.5, 0.6) is 0 Å². The number of hydrogen-bond acceptors (Lipinski definition) is 4. The van der Waals surface area contributed by atoms with E-state index in [1.807, 2.05) is 20.8 Å². The molecule has 0 spiro atoms. The standard InChI is InChI=1S/C13H27N3O3/c1-12(2,3)16(8-9(14)7-10(15)17)11(18)19-13(4,5)6/h9H,7-8,14H2,1-6H3,(H2,15,17). The van der Waals surface area contributed by atoms with Crippen LogP contribution in [-0.4, -0.2) is 40.6 Å². The van der Waals surface area contributed by atoms with Crippen LogP contribution >= 0.6 is 0 Å². The maximum atomic E-state index is 12.2. The molecule has 0 aromatic carbocycles. The van der Waals surface area contributed by atoms with Gasteiger partial charge in [0.2, 0.25) is 5.91 Å². The summed E-state index contributed by atoms with van der Waals surface area (Å²) in [5.41, 5.74) is 9.90. The molecule has 0 rings (SSSR count). The molecule has 6 heteroatoms. The van der Waals surface area contributed by atoms with Gasteiger partial charge in [0.25, 0.3) is 0 Å². The Kier molecular flexibility index (Phi) is 5.81. The van der Waals surface area contributed by atoms with Crippen LogP contribution in [0.4, 0.5) is 4.79 Å². The SMILES string of the molecule is CC(C)(C)OC(=O)N(CC(N)CC(N)=O)C(C)(C)C. The molecule has 0 aromatic rings. The van der Waals surface area contributed by atoms with E-state index in [4.69, 9.17) is 16.2 Å². The van der Waals surface area contributed by atoms with Crippen molar-refractivity contribution in [1.82, 2.24) is 4.90 Å². The number of hydrogen-bond donors (Lipinski definition) is 2. The maximum absolute atomic E-state index is 12.2. The van der Waals surface area contributed by atoms with E-state index in [0.717, 1.165) is 0 Å². The van der Waals surface area contributed by atoms with Gasteiger partial charge in [-0.3, -0.25) is 4.79 Å². The molecule has 1 atom stereocenters. The van der Waals surface area contributed by atoms with Gasteiger partial charge in [-0.25, -0.2) is 4.79 Å². The second-order valence-electron chi connectivity index (χ2n) is 6.69. The van der Waals surface area contributed by atoms with E-state index < -0.39 is 29.2 Å². The minimum atomic E-state index is -0.575. The number of nitrogens with zero attached hydrogens (tertiary/aromatic N) is 1. The molecule has 0 aromatic heterocycles. The van der Waals surface area contributed by atoms with Gasteiger partial charge in [-0.15, -0.1) is 0 Å². The quantitative estimate of drug-likeness (QED) is 0.804. The second kappa shape index (κ2) is 6.23. The first kappa shape index (κ1) is 17.7. The smallest absolute Gasteiger partial charge is 0.410 e. The second-order valence-corrected chi connectivity index (χ2v) is 6.69. The van der Waals surface area contributed by atoms with Crippen molar-refractivity contribution in [2.75, 3.05) is 6.54 Å². The molecule has 1 unspecified atom stereocenters. The first-order valence-electron chi connectivity index (χ1n) is 6.37. The fraction of sp³-hybridized carbons (Fsp3) is 0.846. The van der Waals surface area contributed by atoms with Gasteiger partial charge in [0.15, 0.2) is 0 Å². The molecule has 0 bridgehead atoms. The van der Waals surface area contributed by atoms with E-state index in [9.17, 15) is 9.59 Å². The average molecular weight is 273 g/mol. The molecule has 0 heterocycles. The van der Waals surface area contributed by atoms with Gasteiger partial charge in [0.1, 0.15) is 5.60 Å². The first-order valence-corrected chi connectivity index (χ1v) is 6.37. The van der Waals surface area contributed by atoms with E-state index in [1.54, 1.807) is 20.8 Å². The monoisotopic (exact) mass is 273 g/mol. The van der Waals surface area contributed by atoms with Crippen molar-refractivity contribution < 1.29 is 14.3 Å². The number of carbonyl (C=O) groups excluding carboxylic acids is 2. The Labute approximate surface area is 115 Å². The third-order valence-electron chi connectivity index (χ3n) is 2.30. The van der Waals surface area contributed by atoms with E-state index in [1.165, 1.54) is 4.90 Å². The lowest BCUT2D eigenvalue weighted by Gasteiger charge is -2.38. The van der Waals surface area contributed by atoms with Crippen LogP contribution in [0.15, 0.2) is 0 Å². The van der Waals surface area contributed by atoms with Gasteiger partial charge >= 0.3 is 6.09 Å². The molecule has 4 N–H and O–H groups in total. The van der Waals surface area contributed by atoms with E-state index >= 15 is 0 Å². The highest BCUT2D eigenvalue weighted by Crippen LogP contribution is 2.19. The summed E-state index contributed by atoms with van der Waals surface area (Å²) in [4.78, 5) is 24.5. The highest BCUT2D eigenvalue weighted by Gasteiger charge is 2.31. The normalized spacial score (nSPS) is 13.8. The van der Waals surface area contributed by atoms with Gasteiger partial charge < -0.3 is 21.1 Å². The van der Waals surface area contributed by atoms with Crippen LogP contribution in [-0.2, 0) is 9.53 Å². The Morgan fingerprint density at radius 3 is 1.95 bits per heavy atom. The fourth-order valence-electron chi connectivity index (χ4n) is 1.50. The van der Waals surface area contributed by atoms with Crippen molar-refractivity contribution in [2.24, 2.45) is 11.5 Å². The van der Waals surface area contributed by atoms with Gasteiger partial charge in [-0.05, 0) is 41.5 Å². The van der Waals surface area contributed by atoms with Crippen molar-refractivity contribution in [3.63, 3.8) is 0 Å². The Balaban J connectivity index is 4.84. The number of amides is 2. The summed E-state index contributed by atoms with van der Waals surface area (Å²) in [6.45, 7) is 11.3. The van der Waals surface area contributed by atoms with Gasteiger partial charge in [0.05, 0.1) is 0 Å². The summed E-state index contributed by atoms with van der Waals surface area (Å²) >= 11 is 0. The summed E-state index contributed by atoms with van der Waals surface area (Å²) in [7, 11) is 0. The zero-order chi connectivity index (χ0) is 15.4. The van der Waals surface area contributed by atoms with Crippen LogP contribution in [0.1, 0.15) is 48.0 Å². The summed E-state index contributed by atoms with van der Waals surface area (Å²) in [6.07, 6.45) is -0.407. The molecular weight excluding hydrogens is 246 g/mol. The zero-order valence-corrected chi connectivity index (χ0v) is 12.8. The molecular formula is C13H27N3O3. The third-order valence-corrected chi connectivity index (χ3v) is 2.30. The summed E-state index contributed by atoms with van der Waals surface area (Å²) in [5.74, 6) is -0.481. The molecule has 0 saturated heterocycles. The van der Waals surface area contributed by atoms with Gasteiger partial charge in [-0.1, -0.05) is 0 Å². The molecule has 112 valence electrons. The van der Waals surface area contributed by atoms with E-state index in [2.05, 4.69) is 0 Å². The van der Waals surface area contributed by atoms with Crippen LogP contribution in [0, 0.1) is 0 Å². The molecule has 2 amide bonds. The summed E-state index contributed by atoms with van der Waals surface area (Å²) < 4.78 is 5.35. The number of primary amides is 1. The van der Waals surface area contributed by atoms with Crippen molar-refractivity contribution >= 4 is 12.0 Å². The summed E-state index contributed by atoms with van der Waals surface area (Å²) in [6, 6.07) is -0.496. The van der Waals surface area contributed by atoms with Crippen molar-refractivity contribution in [3.05, 3.63) is 0 Å². The third kappa shape index (κ3) is 7.66. The van der Waals surface area contributed by atoms with Crippen LogP contribution in [0.25, 0.3) is 0 Å². The highest BCUT2D eigenvalue weighted by atomic mass is 16.6. The van der Waals surface area contributed by atoms with Crippen molar-refractivity contribution in [1.29, 1.82) is 0 Å². The number of ether oxygens (including phenoxy) is 1. The first-order chi connectivity index (χ1) is 8.33. The fourth-order valence-corrected chi connectivity index (χ4v) is 1.50. The Bertz CT molecular complexity index is 329. The zero-order valence-electron chi connectivity index (χ0n) is 12.8. The molecule has 0 aliphatic heterocycles. The minimum absolute atomic E-state index is 0.0371. The highest BCUT2D eigenvalue weighted by molar-refractivity contribution is 5.74. The molecule has 0 aliphatic rings. The van der Waals surface area contributed by atoms with Crippen molar-refractivity contribution in [3.8, 4) is 0 Å². The number of nitrogens with two attached hydrogens (primary N) is 2.